The van der Waals surface area contributed by atoms with Gasteiger partial charge in [0, 0.05) is 9.59 Å². The van der Waals surface area contributed by atoms with Crippen LogP contribution in [0.25, 0.3) is 0 Å². The molecule has 0 saturated heterocycles. The summed E-state index contributed by atoms with van der Waals surface area (Å²) in [6.45, 7) is 1.70. The maximum atomic E-state index is 10.3. The van der Waals surface area contributed by atoms with E-state index < -0.39 is 14.4 Å². The van der Waals surface area contributed by atoms with Crippen LogP contribution in [0.5, 0.6) is 0 Å². The molecular formula is C8H9ClO3P+. The van der Waals surface area contributed by atoms with Crippen LogP contribution in [0, 0.1) is 0 Å². The summed E-state index contributed by atoms with van der Waals surface area (Å²) >= 11 is 5.67. The standard InChI is InChI=1S/C8H8ClO3P/c1-6(12-13(10)11)7-2-4-8(9)5-3-7/h2-6H,1H3/p+1. The fraction of sp³-hybridized carbons (Fsp3) is 0.250. The van der Waals surface area contributed by atoms with Gasteiger partial charge in [0.15, 0.2) is 0 Å². The maximum Gasteiger partial charge on any atom is 0.695 e. The van der Waals surface area contributed by atoms with Crippen LogP contribution < -0.4 is 0 Å². The fourth-order valence-corrected chi connectivity index (χ4v) is 1.45. The SMILES string of the molecule is CC(O[P+](=O)O)c1ccc(Cl)cc1. The summed E-state index contributed by atoms with van der Waals surface area (Å²) in [5.41, 5.74) is 0.821. The molecule has 0 fully saturated rings. The molecule has 0 aliphatic rings. The molecule has 0 aliphatic heterocycles. The van der Waals surface area contributed by atoms with Crippen LogP contribution in [0.15, 0.2) is 24.3 Å². The van der Waals surface area contributed by atoms with E-state index >= 15 is 0 Å². The third-order valence-electron chi connectivity index (χ3n) is 1.59. The lowest BCUT2D eigenvalue weighted by atomic mass is 10.1. The molecule has 1 aromatic rings. The van der Waals surface area contributed by atoms with Crippen LogP contribution >= 0.6 is 19.9 Å². The number of benzene rings is 1. The minimum Gasteiger partial charge on any atom is -0.133 e. The van der Waals surface area contributed by atoms with Crippen molar-refractivity contribution < 1.29 is 14.0 Å². The van der Waals surface area contributed by atoms with E-state index in [-0.39, 0.29) is 0 Å². The Hall–Kier alpha value is -0.470. The largest absolute Gasteiger partial charge is 0.695 e. The van der Waals surface area contributed by atoms with Crippen molar-refractivity contribution in [1.82, 2.24) is 0 Å². The van der Waals surface area contributed by atoms with E-state index in [4.69, 9.17) is 21.0 Å². The zero-order valence-corrected chi connectivity index (χ0v) is 8.63. The number of rotatable bonds is 3. The molecule has 1 rings (SSSR count). The van der Waals surface area contributed by atoms with Gasteiger partial charge in [0.2, 0.25) is 0 Å². The summed E-state index contributed by atoms with van der Waals surface area (Å²) in [6.07, 6.45) is -0.397. The summed E-state index contributed by atoms with van der Waals surface area (Å²) in [7, 11) is -2.55. The molecule has 5 heteroatoms. The zero-order valence-electron chi connectivity index (χ0n) is 6.98. The molecule has 0 heterocycles. The Morgan fingerprint density at radius 2 is 2.00 bits per heavy atom. The summed E-state index contributed by atoms with van der Waals surface area (Å²) in [4.78, 5) is 8.50. The van der Waals surface area contributed by atoms with E-state index in [1.807, 2.05) is 0 Å². The molecule has 3 nitrogen and oxygen atoms in total. The first kappa shape index (κ1) is 10.6. The second kappa shape index (κ2) is 4.68. The van der Waals surface area contributed by atoms with Gasteiger partial charge in [-0.1, -0.05) is 23.7 Å². The van der Waals surface area contributed by atoms with Crippen LogP contribution in [-0.4, -0.2) is 4.89 Å². The smallest absolute Gasteiger partial charge is 0.133 e. The van der Waals surface area contributed by atoms with Crippen molar-refractivity contribution in [1.29, 1.82) is 0 Å². The van der Waals surface area contributed by atoms with Crippen molar-refractivity contribution in [2.24, 2.45) is 0 Å². The van der Waals surface area contributed by atoms with Gasteiger partial charge in [-0.05, 0) is 24.6 Å². The van der Waals surface area contributed by atoms with E-state index in [9.17, 15) is 4.57 Å². The van der Waals surface area contributed by atoms with Crippen molar-refractivity contribution in [3.05, 3.63) is 34.9 Å². The van der Waals surface area contributed by atoms with E-state index in [0.717, 1.165) is 5.56 Å². The molecule has 2 atom stereocenters. The first-order valence-electron chi connectivity index (χ1n) is 3.68. The summed E-state index contributed by atoms with van der Waals surface area (Å²) < 4.78 is 15.0. The first-order chi connectivity index (χ1) is 6.09. The molecule has 0 saturated carbocycles. The first-order valence-corrected chi connectivity index (χ1v) is 5.19. The van der Waals surface area contributed by atoms with Gasteiger partial charge in [-0.3, -0.25) is 0 Å². The Kier molecular flexibility index (Phi) is 3.82. The van der Waals surface area contributed by atoms with Gasteiger partial charge in [-0.2, -0.15) is 0 Å². The van der Waals surface area contributed by atoms with Gasteiger partial charge in [-0.15, -0.1) is 9.42 Å². The van der Waals surface area contributed by atoms with Crippen LogP contribution in [0.4, 0.5) is 0 Å². The third kappa shape index (κ3) is 3.41. The molecule has 1 N–H and O–H groups in total. The topological polar surface area (TPSA) is 46.5 Å². The van der Waals surface area contributed by atoms with Crippen LogP contribution in [0.2, 0.25) is 5.02 Å². The highest BCUT2D eigenvalue weighted by Gasteiger charge is 2.19. The monoisotopic (exact) mass is 219 g/mol. The van der Waals surface area contributed by atoms with Gasteiger partial charge in [-0.25, -0.2) is 0 Å². The second-order valence-corrected chi connectivity index (χ2v) is 3.66. The van der Waals surface area contributed by atoms with Crippen molar-refractivity contribution in [2.75, 3.05) is 0 Å². The van der Waals surface area contributed by atoms with E-state index in [1.165, 1.54) is 0 Å². The molecule has 0 aliphatic carbocycles. The molecular weight excluding hydrogens is 211 g/mol. The quantitative estimate of drug-likeness (QED) is 0.795. The summed E-state index contributed by atoms with van der Waals surface area (Å²) in [5.74, 6) is 0. The zero-order chi connectivity index (χ0) is 9.84. The number of halogens is 1. The lowest BCUT2D eigenvalue weighted by Crippen LogP contribution is -1.93. The lowest BCUT2D eigenvalue weighted by molar-refractivity contribution is 0.209. The Morgan fingerprint density at radius 3 is 2.46 bits per heavy atom. The Morgan fingerprint density at radius 1 is 1.46 bits per heavy atom. The lowest BCUT2D eigenvalue weighted by Gasteiger charge is -2.03. The van der Waals surface area contributed by atoms with Gasteiger partial charge in [0.25, 0.3) is 0 Å². The molecule has 0 amide bonds. The Balaban J connectivity index is 2.71. The predicted octanol–water partition coefficient (Wildman–Crippen LogP) is 3.07. The highest BCUT2D eigenvalue weighted by atomic mass is 35.5. The molecule has 13 heavy (non-hydrogen) atoms. The van der Waals surface area contributed by atoms with Gasteiger partial charge in [0.1, 0.15) is 6.10 Å². The van der Waals surface area contributed by atoms with E-state index in [0.29, 0.717) is 5.02 Å². The van der Waals surface area contributed by atoms with E-state index in [2.05, 4.69) is 0 Å². The molecule has 2 unspecified atom stereocenters. The molecule has 0 radical (unpaired) electrons. The second-order valence-electron chi connectivity index (χ2n) is 2.54. The molecule has 0 bridgehead atoms. The van der Waals surface area contributed by atoms with Gasteiger partial charge in [0.05, 0.1) is 0 Å². The predicted molar refractivity (Wildman–Crippen MR) is 50.8 cm³/mol. The van der Waals surface area contributed by atoms with Crippen molar-refractivity contribution in [2.45, 2.75) is 13.0 Å². The van der Waals surface area contributed by atoms with Crippen molar-refractivity contribution in [3.63, 3.8) is 0 Å². The highest BCUT2D eigenvalue weighted by molar-refractivity contribution is 7.32. The van der Waals surface area contributed by atoms with Crippen LogP contribution in [0.1, 0.15) is 18.6 Å². The van der Waals surface area contributed by atoms with Crippen LogP contribution in [0.3, 0.4) is 0 Å². The van der Waals surface area contributed by atoms with Crippen LogP contribution in [-0.2, 0) is 9.09 Å². The minimum atomic E-state index is -2.55. The Bertz CT molecular complexity index is 299. The summed E-state index contributed by atoms with van der Waals surface area (Å²) in [6, 6.07) is 6.93. The average Bonchev–Trinajstić information content (AvgIpc) is 2.04. The van der Waals surface area contributed by atoms with Gasteiger partial charge < -0.3 is 0 Å². The van der Waals surface area contributed by atoms with Gasteiger partial charge >= 0.3 is 8.25 Å². The normalized spacial score (nSPS) is 13.9. The average molecular weight is 220 g/mol. The molecule has 0 aromatic heterocycles. The molecule has 0 spiro atoms. The van der Waals surface area contributed by atoms with Crippen molar-refractivity contribution >= 4 is 19.9 Å². The fourth-order valence-electron chi connectivity index (χ4n) is 0.930. The number of hydrogen-bond acceptors (Lipinski definition) is 2. The minimum absolute atomic E-state index is 0.397. The van der Waals surface area contributed by atoms with E-state index in [1.54, 1.807) is 31.2 Å². The molecule has 70 valence electrons. The highest BCUT2D eigenvalue weighted by Crippen LogP contribution is 2.28. The number of hydrogen-bond donors (Lipinski definition) is 1. The molecule has 1 aromatic carbocycles. The Labute approximate surface area is 82.3 Å². The maximum absolute atomic E-state index is 10.3. The van der Waals surface area contributed by atoms with Crippen molar-refractivity contribution in [3.8, 4) is 0 Å². The summed E-state index contributed by atoms with van der Waals surface area (Å²) in [5, 5.41) is 0.629. The third-order valence-corrected chi connectivity index (χ3v) is 2.34.